The van der Waals surface area contributed by atoms with Crippen LogP contribution in [-0.2, 0) is 16.0 Å². The Morgan fingerprint density at radius 2 is 1.85 bits per heavy atom. The molecule has 1 atom stereocenters. The molecule has 0 radical (unpaired) electrons. The lowest BCUT2D eigenvalue weighted by Crippen LogP contribution is -2.49. The van der Waals surface area contributed by atoms with E-state index in [9.17, 15) is 9.59 Å². The van der Waals surface area contributed by atoms with E-state index in [4.69, 9.17) is 0 Å². The zero-order chi connectivity index (χ0) is 18.9. The monoisotopic (exact) mass is 357 g/mol. The van der Waals surface area contributed by atoms with E-state index in [1.807, 2.05) is 44.3 Å². The normalized spacial score (nSPS) is 12.3. The molecule has 1 unspecified atom stereocenters. The molecule has 0 spiro atoms. The fourth-order valence-corrected chi connectivity index (χ4v) is 2.95. The maximum atomic E-state index is 12.7. The number of unbranched alkanes of at least 4 members (excludes halogenated alkanes) is 3. The fraction of sp³-hybridized carbons (Fsp3) is 0.524. The summed E-state index contributed by atoms with van der Waals surface area (Å²) < 4.78 is 0. The van der Waals surface area contributed by atoms with Crippen molar-refractivity contribution in [2.75, 3.05) is 6.54 Å². The molecule has 2 amide bonds. The van der Waals surface area contributed by atoms with Gasteiger partial charge in [-0.2, -0.15) is 0 Å². The van der Waals surface area contributed by atoms with Crippen LogP contribution in [-0.4, -0.2) is 29.4 Å². The van der Waals surface area contributed by atoms with Gasteiger partial charge in [0.25, 0.3) is 0 Å². The summed E-state index contributed by atoms with van der Waals surface area (Å²) in [6, 6.07) is 7.44. The Bertz CT molecular complexity index is 721. The van der Waals surface area contributed by atoms with E-state index < -0.39 is 6.04 Å². The van der Waals surface area contributed by atoms with E-state index in [0.29, 0.717) is 13.0 Å². The molecule has 1 aromatic heterocycles. The van der Waals surface area contributed by atoms with Gasteiger partial charge in [-0.25, -0.2) is 0 Å². The molecule has 1 heterocycles. The Labute approximate surface area is 155 Å². The Kier molecular flexibility index (Phi) is 7.70. The second kappa shape index (κ2) is 10.00. The van der Waals surface area contributed by atoms with Gasteiger partial charge in [0, 0.05) is 36.0 Å². The van der Waals surface area contributed by atoms with Crippen molar-refractivity contribution >= 4 is 22.7 Å². The van der Waals surface area contributed by atoms with Crippen LogP contribution in [0.15, 0.2) is 30.5 Å². The smallest absolute Gasteiger partial charge is 0.242 e. The largest absolute Gasteiger partial charge is 0.361 e. The first-order chi connectivity index (χ1) is 12.5. The number of hydrogen-bond acceptors (Lipinski definition) is 2. The number of aromatic amines is 1. The molecule has 0 aliphatic rings. The number of benzene rings is 1. The van der Waals surface area contributed by atoms with Gasteiger partial charge in [0.1, 0.15) is 6.04 Å². The van der Waals surface area contributed by atoms with Crippen LogP contribution in [0.4, 0.5) is 0 Å². The number of carbonyl (C=O) groups is 2. The lowest BCUT2D eigenvalue weighted by molar-refractivity contribution is -0.130. The molecule has 5 heteroatoms. The number of carbonyl (C=O) groups excluding carboxylic acids is 2. The molecular weight excluding hydrogens is 326 g/mol. The van der Waals surface area contributed by atoms with Crippen molar-refractivity contribution in [2.24, 2.45) is 5.92 Å². The quantitative estimate of drug-likeness (QED) is 0.569. The Balaban J connectivity index is 2.05. The van der Waals surface area contributed by atoms with Gasteiger partial charge in [0.15, 0.2) is 0 Å². The number of amides is 2. The van der Waals surface area contributed by atoms with Gasteiger partial charge in [0.05, 0.1) is 0 Å². The van der Waals surface area contributed by atoms with Crippen molar-refractivity contribution < 1.29 is 9.59 Å². The summed E-state index contributed by atoms with van der Waals surface area (Å²) in [6.45, 7) is 6.49. The summed E-state index contributed by atoms with van der Waals surface area (Å²) in [4.78, 5) is 28.1. The van der Waals surface area contributed by atoms with E-state index in [-0.39, 0.29) is 17.7 Å². The van der Waals surface area contributed by atoms with E-state index in [2.05, 4.69) is 22.5 Å². The Morgan fingerprint density at radius 3 is 2.58 bits per heavy atom. The molecule has 0 aliphatic carbocycles. The first-order valence-corrected chi connectivity index (χ1v) is 9.66. The summed E-state index contributed by atoms with van der Waals surface area (Å²) in [5.74, 6) is -0.366. The van der Waals surface area contributed by atoms with E-state index in [1.165, 1.54) is 12.8 Å². The molecule has 5 nitrogen and oxygen atoms in total. The van der Waals surface area contributed by atoms with Crippen LogP contribution in [0.25, 0.3) is 10.9 Å². The van der Waals surface area contributed by atoms with Gasteiger partial charge in [-0.1, -0.05) is 58.2 Å². The van der Waals surface area contributed by atoms with Crippen LogP contribution in [0.1, 0.15) is 52.0 Å². The number of fused-ring (bicyclic) bond motifs is 1. The number of hydrogen-bond donors (Lipinski definition) is 3. The van der Waals surface area contributed by atoms with Crippen LogP contribution < -0.4 is 10.6 Å². The summed E-state index contributed by atoms with van der Waals surface area (Å²) in [6.07, 6.45) is 6.83. The van der Waals surface area contributed by atoms with Gasteiger partial charge < -0.3 is 15.6 Å². The minimum Gasteiger partial charge on any atom is -0.361 e. The highest BCUT2D eigenvalue weighted by Crippen LogP contribution is 2.19. The van der Waals surface area contributed by atoms with E-state index in [1.54, 1.807) is 0 Å². The molecule has 0 bridgehead atoms. The van der Waals surface area contributed by atoms with Crippen molar-refractivity contribution in [1.82, 2.24) is 15.6 Å². The van der Waals surface area contributed by atoms with Gasteiger partial charge in [0.2, 0.25) is 11.8 Å². The van der Waals surface area contributed by atoms with Gasteiger partial charge >= 0.3 is 0 Å². The number of nitrogens with one attached hydrogen (secondary N) is 3. The number of para-hydroxylation sites is 1. The Morgan fingerprint density at radius 1 is 1.08 bits per heavy atom. The van der Waals surface area contributed by atoms with E-state index >= 15 is 0 Å². The summed E-state index contributed by atoms with van der Waals surface area (Å²) in [5, 5.41) is 6.98. The predicted octanol–water partition coefficient (Wildman–Crippen LogP) is 3.55. The van der Waals surface area contributed by atoms with Crippen LogP contribution in [0.3, 0.4) is 0 Å². The van der Waals surface area contributed by atoms with E-state index in [0.717, 1.165) is 29.3 Å². The van der Waals surface area contributed by atoms with Crippen molar-refractivity contribution in [3.8, 4) is 0 Å². The first kappa shape index (κ1) is 20.0. The molecule has 1 aromatic carbocycles. The highest BCUT2D eigenvalue weighted by Gasteiger charge is 2.23. The number of H-pyrrole nitrogens is 1. The van der Waals surface area contributed by atoms with Crippen LogP contribution in [0.5, 0.6) is 0 Å². The molecule has 2 aromatic rings. The molecule has 2 rings (SSSR count). The lowest BCUT2D eigenvalue weighted by atomic mass is 10.0. The summed E-state index contributed by atoms with van der Waals surface area (Å²) in [5.41, 5.74) is 2.08. The zero-order valence-corrected chi connectivity index (χ0v) is 16.1. The summed E-state index contributed by atoms with van der Waals surface area (Å²) >= 11 is 0. The third-order valence-electron chi connectivity index (χ3n) is 4.59. The van der Waals surface area contributed by atoms with Crippen molar-refractivity contribution in [3.63, 3.8) is 0 Å². The first-order valence-electron chi connectivity index (χ1n) is 9.66. The predicted molar refractivity (Wildman–Crippen MR) is 106 cm³/mol. The average molecular weight is 357 g/mol. The Hall–Kier alpha value is -2.30. The maximum absolute atomic E-state index is 12.7. The van der Waals surface area contributed by atoms with Crippen LogP contribution in [0.2, 0.25) is 0 Å². The van der Waals surface area contributed by atoms with Crippen molar-refractivity contribution in [2.45, 2.75) is 58.9 Å². The molecule has 26 heavy (non-hydrogen) atoms. The second-order valence-electron chi connectivity index (χ2n) is 7.13. The minimum atomic E-state index is -0.560. The molecule has 0 aliphatic heterocycles. The standard InChI is InChI=1S/C21H31N3O2/c1-4-5-6-9-12-22-21(26)19(24-20(25)15(2)3)13-16-14-23-18-11-8-7-10-17(16)18/h7-8,10-11,14-15,19,23H,4-6,9,12-13H2,1-3H3,(H,22,26)(H,24,25). The van der Waals surface area contributed by atoms with Crippen molar-refractivity contribution in [3.05, 3.63) is 36.0 Å². The maximum Gasteiger partial charge on any atom is 0.242 e. The summed E-state index contributed by atoms with van der Waals surface area (Å²) in [7, 11) is 0. The highest BCUT2D eigenvalue weighted by atomic mass is 16.2. The number of rotatable bonds is 10. The van der Waals surface area contributed by atoms with Crippen LogP contribution in [0, 0.1) is 5.92 Å². The zero-order valence-electron chi connectivity index (χ0n) is 16.1. The second-order valence-corrected chi connectivity index (χ2v) is 7.13. The fourth-order valence-electron chi connectivity index (χ4n) is 2.95. The molecule has 0 saturated carbocycles. The van der Waals surface area contributed by atoms with Gasteiger partial charge in [-0.05, 0) is 18.1 Å². The molecule has 142 valence electrons. The van der Waals surface area contributed by atoms with Crippen LogP contribution >= 0.6 is 0 Å². The lowest BCUT2D eigenvalue weighted by Gasteiger charge is -2.19. The topological polar surface area (TPSA) is 74.0 Å². The molecule has 0 fully saturated rings. The SMILES string of the molecule is CCCCCCNC(=O)C(Cc1c[nH]c2ccccc12)NC(=O)C(C)C. The minimum absolute atomic E-state index is 0.101. The molecular formula is C21H31N3O2. The third-order valence-corrected chi connectivity index (χ3v) is 4.59. The highest BCUT2D eigenvalue weighted by molar-refractivity contribution is 5.90. The van der Waals surface area contributed by atoms with Crippen molar-refractivity contribution in [1.29, 1.82) is 0 Å². The van der Waals surface area contributed by atoms with Gasteiger partial charge in [-0.3, -0.25) is 9.59 Å². The third kappa shape index (κ3) is 5.61. The number of aromatic nitrogens is 1. The average Bonchev–Trinajstić information content (AvgIpc) is 3.03. The molecule has 0 saturated heterocycles. The molecule has 3 N–H and O–H groups in total. The van der Waals surface area contributed by atoms with Gasteiger partial charge in [-0.15, -0.1) is 0 Å².